The highest BCUT2D eigenvalue weighted by Gasteiger charge is 2.17. The van der Waals surface area contributed by atoms with Crippen molar-refractivity contribution >= 4 is 22.6 Å². The lowest BCUT2D eigenvalue weighted by molar-refractivity contribution is -0.136. The number of nitrogens with zero attached hydrogens (tertiary/aromatic N) is 3. The zero-order valence-corrected chi connectivity index (χ0v) is 14.3. The fourth-order valence-electron chi connectivity index (χ4n) is 2.19. The second-order valence-electron chi connectivity index (χ2n) is 5.45. The summed E-state index contributed by atoms with van der Waals surface area (Å²) in [7, 11) is 1.64. The van der Waals surface area contributed by atoms with Gasteiger partial charge in [0.05, 0.1) is 13.5 Å². The highest BCUT2D eigenvalue weighted by atomic mass is 32.1. The largest absolute Gasteiger partial charge is 0.497 e. The van der Waals surface area contributed by atoms with E-state index in [1.807, 2.05) is 43.0 Å². The molecule has 1 aromatic heterocycles. The summed E-state index contributed by atoms with van der Waals surface area (Å²) >= 11 is 1.31. The molecule has 0 aliphatic heterocycles. The van der Waals surface area contributed by atoms with Crippen molar-refractivity contribution in [1.29, 1.82) is 0 Å². The van der Waals surface area contributed by atoms with Crippen molar-refractivity contribution in [2.24, 2.45) is 0 Å². The number of benzene rings is 1. The summed E-state index contributed by atoms with van der Waals surface area (Å²) in [5, 5.41) is 9.63. The Bertz CT molecular complexity index is 658. The quantitative estimate of drug-likeness (QED) is 0.799. The number of aromatic nitrogens is 2. The van der Waals surface area contributed by atoms with Gasteiger partial charge >= 0.3 is 5.97 Å². The van der Waals surface area contributed by atoms with Gasteiger partial charge in [-0.15, -0.1) is 0 Å². The Morgan fingerprint density at radius 1 is 1.43 bits per heavy atom. The standard InChI is InChI=1S/C16H21N3O3S/c1-11(2)19(8-7-15(20)21)16-17-14(18-23-16)10-12-5-4-6-13(9-12)22-3/h4-6,9,11H,7-8,10H2,1-3H3,(H,20,21). The van der Waals surface area contributed by atoms with E-state index in [9.17, 15) is 4.79 Å². The number of aliphatic carboxylic acids is 1. The van der Waals surface area contributed by atoms with Crippen molar-refractivity contribution in [2.75, 3.05) is 18.6 Å². The Labute approximate surface area is 139 Å². The first-order valence-corrected chi connectivity index (χ1v) is 8.21. The molecule has 23 heavy (non-hydrogen) atoms. The molecule has 0 bridgehead atoms. The molecule has 0 unspecified atom stereocenters. The van der Waals surface area contributed by atoms with Crippen LogP contribution in [0.2, 0.25) is 0 Å². The third-order valence-electron chi connectivity index (χ3n) is 3.39. The molecule has 0 amide bonds. The molecule has 6 nitrogen and oxygen atoms in total. The molecule has 0 saturated heterocycles. The number of carbonyl (C=O) groups is 1. The van der Waals surface area contributed by atoms with Gasteiger partial charge in [0.25, 0.3) is 0 Å². The van der Waals surface area contributed by atoms with Crippen LogP contribution in [0.3, 0.4) is 0 Å². The Balaban J connectivity index is 2.09. The van der Waals surface area contributed by atoms with Gasteiger partial charge in [0.1, 0.15) is 11.6 Å². The van der Waals surface area contributed by atoms with Gasteiger partial charge in [-0.1, -0.05) is 12.1 Å². The number of hydrogen-bond acceptors (Lipinski definition) is 6. The molecule has 2 aromatic rings. The number of hydrogen-bond donors (Lipinski definition) is 1. The summed E-state index contributed by atoms with van der Waals surface area (Å²) in [6, 6.07) is 7.98. The number of carboxylic acids is 1. The van der Waals surface area contributed by atoms with Crippen LogP contribution in [0, 0.1) is 0 Å². The van der Waals surface area contributed by atoms with Crippen LogP contribution in [0.25, 0.3) is 0 Å². The Kier molecular flexibility index (Phi) is 5.92. The van der Waals surface area contributed by atoms with E-state index in [4.69, 9.17) is 9.84 Å². The molecule has 1 N–H and O–H groups in total. The van der Waals surface area contributed by atoms with Crippen LogP contribution in [0.4, 0.5) is 5.13 Å². The van der Waals surface area contributed by atoms with Crippen LogP contribution >= 0.6 is 11.5 Å². The summed E-state index contributed by atoms with van der Waals surface area (Å²) < 4.78 is 9.62. The maximum atomic E-state index is 10.8. The number of rotatable bonds is 8. The van der Waals surface area contributed by atoms with Crippen LogP contribution in [0.15, 0.2) is 24.3 Å². The highest BCUT2D eigenvalue weighted by Crippen LogP contribution is 2.22. The summed E-state index contributed by atoms with van der Waals surface area (Å²) in [6.07, 6.45) is 0.710. The molecular formula is C16H21N3O3S. The topological polar surface area (TPSA) is 75.5 Å². The zero-order valence-electron chi connectivity index (χ0n) is 13.5. The van der Waals surface area contributed by atoms with Gasteiger partial charge in [-0.3, -0.25) is 4.79 Å². The fourth-order valence-corrected chi connectivity index (χ4v) is 3.03. The lowest BCUT2D eigenvalue weighted by Gasteiger charge is -2.24. The molecule has 0 aliphatic carbocycles. The third kappa shape index (κ3) is 4.92. The summed E-state index contributed by atoms with van der Waals surface area (Å²) in [5.41, 5.74) is 1.08. The minimum absolute atomic E-state index is 0.0863. The van der Waals surface area contributed by atoms with Gasteiger partial charge in [0.15, 0.2) is 0 Å². The lowest BCUT2D eigenvalue weighted by atomic mass is 10.1. The van der Waals surface area contributed by atoms with Crippen molar-refractivity contribution in [3.8, 4) is 5.75 Å². The maximum Gasteiger partial charge on any atom is 0.305 e. The third-order valence-corrected chi connectivity index (χ3v) is 4.18. The average molecular weight is 335 g/mol. The number of methoxy groups -OCH3 is 1. The van der Waals surface area contributed by atoms with Crippen LogP contribution in [0.1, 0.15) is 31.7 Å². The maximum absolute atomic E-state index is 10.8. The SMILES string of the molecule is COc1cccc(Cc2nsc(N(CCC(=O)O)C(C)C)n2)c1. The molecule has 2 rings (SSSR count). The smallest absolute Gasteiger partial charge is 0.305 e. The monoisotopic (exact) mass is 335 g/mol. The van der Waals surface area contributed by atoms with E-state index < -0.39 is 5.97 Å². The van der Waals surface area contributed by atoms with Crippen molar-refractivity contribution in [3.05, 3.63) is 35.7 Å². The van der Waals surface area contributed by atoms with Crippen LogP contribution in [-0.4, -0.2) is 40.1 Å². The molecule has 1 aromatic carbocycles. The average Bonchev–Trinajstić information content (AvgIpc) is 2.95. The van der Waals surface area contributed by atoms with E-state index >= 15 is 0 Å². The molecule has 1 heterocycles. The van der Waals surface area contributed by atoms with Gasteiger partial charge in [-0.2, -0.15) is 4.37 Å². The predicted molar refractivity (Wildman–Crippen MR) is 90.4 cm³/mol. The van der Waals surface area contributed by atoms with Crippen molar-refractivity contribution in [2.45, 2.75) is 32.7 Å². The first kappa shape index (κ1) is 17.2. The number of carboxylic acid groups (broad SMARTS) is 1. The van der Waals surface area contributed by atoms with E-state index in [-0.39, 0.29) is 12.5 Å². The highest BCUT2D eigenvalue weighted by molar-refractivity contribution is 7.09. The summed E-state index contributed by atoms with van der Waals surface area (Å²) in [4.78, 5) is 17.3. The van der Waals surface area contributed by atoms with Gasteiger partial charge in [0.2, 0.25) is 5.13 Å². The molecule has 124 valence electrons. The first-order chi connectivity index (χ1) is 11.0. The summed E-state index contributed by atoms with van der Waals surface area (Å²) in [5.74, 6) is 0.735. The van der Waals surface area contributed by atoms with E-state index in [1.165, 1.54) is 11.5 Å². The van der Waals surface area contributed by atoms with Crippen molar-refractivity contribution in [1.82, 2.24) is 9.36 Å². The molecule has 0 radical (unpaired) electrons. The van der Waals surface area contributed by atoms with E-state index in [0.29, 0.717) is 13.0 Å². The van der Waals surface area contributed by atoms with E-state index in [1.54, 1.807) is 7.11 Å². The fraction of sp³-hybridized carbons (Fsp3) is 0.438. The van der Waals surface area contributed by atoms with Crippen molar-refractivity contribution < 1.29 is 14.6 Å². The van der Waals surface area contributed by atoms with Crippen LogP contribution in [-0.2, 0) is 11.2 Å². The van der Waals surface area contributed by atoms with E-state index in [0.717, 1.165) is 22.3 Å². The number of ether oxygens (including phenoxy) is 1. The second-order valence-corrected chi connectivity index (χ2v) is 6.18. The second kappa shape index (κ2) is 7.92. The predicted octanol–water partition coefficient (Wildman–Crippen LogP) is 2.83. The lowest BCUT2D eigenvalue weighted by Crippen LogP contribution is -2.32. The molecule has 7 heteroatoms. The minimum Gasteiger partial charge on any atom is -0.497 e. The molecule has 0 spiro atoms. The normalized spacial score (nSPS) is 10.8. The molecular weight excluding hydrogens is 314 g/mol. The Morgan fingerprint density at radius 2 is 2.22 bits per heavy atom. The molecule has 0 saturated carbocycles. The van der Waals surface area contributed by atoms with Crippen molar-refractivity contribution in [3.63, 3.8) is 0 Å². The zero-order chi connectivity index (χ0) is 16.8. The van der Waals surface area contributed by atoms with Crippen LogP contribution in [0.5, 0.6) is 5.75 Å². The minimum atomic E-state index is -0.809. The Hall–Kier alpha value is -2.15. The molecule has 0 fully saturated rings. The van der Waals surface area contributed by atoms with Gasteiger partial charge < -0.3 is 14.7 Å². The van der Waals surface area contributed by atoms with Crippen LogP contribution < -0.4 is 9.64 Å². The first-order valence-electron chi connectivity index (χ1n) is 7.43. The Morgan fingerprint density at radius 3 is 2.87 bits per heavy atom. The van der Waals surface area contributed by atoms with Gasteiger partial charge in [0, 0.05) is 30.5 Å². The summed E-state index contributed by atoms with van der Waals surface area (Å²) in [6.45, 7) is 4.47. The van der Waals surface area contributed by atoms with E-state index in [2.05, 4.69) is 9.36 Å². The number of anilines is 1. The van der Waals surface area contributed by atoms with Gasteiger partial charge in [-0.25, -0.2) is 4.98 Å². The molecule has 0 aliphatic rings. The molecule has 0 atom stereocenters. The van der Waals surface area contributed by atoms with Gasteiger partial charge in [-0.05, 0) is 31.5 Å².